The Morgan fingerprint density at radius 2 is 1.48 bits per heavy atom. The van der Waals surface area contributed by atoms with Gasteiger partial charge in [-0.15, -0.1) is 0 Å². The van der Waals surface area contributed by atoms with Gasteiger partial charge in [0.25, 0.3) is 10.0 Å². The molecule has 2 aliphatic heterocycles. The zero-order valence-electron chi connectivity index (χ0n) is 17.7. The highest BCUT2D eigenvalue weighted by atomic mass is 32.2. The molecule has 0 saturated carbocycles. The van der Waals surface area contributed by atoms with Crippen molar-refractivity contribution in [3.8, 4) is 0 Å². The summed E-state index contributed by atoms with van der Waals surface area (Å²) in [5.41, 5.74) is 2.89. The Balaban J connectivity index is 1.59. The molecule has 6 rings (SSSR count). The van der Waals surface area contributed by atoms with Crippen LogP contribution in [0, 0.1) is 6.92 Å². The highest BCUT2D eigenvalue weighted by molar-refractivity contribution is 7.93. The maximum atomic E-state index is 13.9. The van der Waals surface area contributed by atoms with E-state index in [1.807, 2.05) is 19.1 Å². The molecule has 3 aromatic rings. The van der Waals surface area contributed by atoms with Gasteiger partial charge in [0.2, 0.25) is 5.78 Å². The lowest BCUT2D eigenvalue weighted by atomic mass is 9.79. The van der Waals surface area contributed by atoms with Gasteiger partial charge in [-0.05, 0) is 30.7 Å². The fourth-order valence-electron chi connectivity index (χ4n) is 5.04. The molecule has 3 aromatic carbocycles. The van der Waals surface area contributed by atoms with E-state index in [1.165, 1.54) is 4.31 Å². The van der Waals surface area contributed by atoms with Crippen LogP contribution < -0.4 is 4.31 Å². The Morgan fingerprint density at radius 3 is 2.21 bits per heavy atom. The number of benzene rings is 3. The minimum absolute atomic E-state index is 0.0446. The van der Waals surface area contributed by atoms with Crippen LogP contribution in [0.25, 0.3) is 0 Å². The van der Waals surface area contributed by atoms with Gasteiger partial charge in [-0.25, -0.2) is 8.42 Å². The number of rotatable bonds is 2. The van der Waals surface area contributed by atoms with Crippen LogP contribution in [0.15, 0.2) is 89.0 Å². The van der Waals surface area contributed by atoms with Crippen molar-refractivity contribution < 1.29 is 22.7 Å². The number of carbonyl (C=O) groups excluding carboxylic acids is 2. The van der Waals surface area contributed by atoms with Crippen molar-refractivity contribution in [3.05, 3.63) is 106 Å². The second kappa shape index (κ2) is 6.89. The van der Waals surface area contributed by atoms with Gasteiger partial charge in [-0.2, -0.15) is 0 Å². The predicted molar refractivity (Wildman–Crippen MR) is 122 cm³/mol. The van der Waals surface area contributed by atoms with Gasteiger partial charge in [-0.3, -0.25) is 13.9 Å². The van der Waals surface area contributed by atoms with Crippen molar-refractivity contribution in [2.24, 2.45) is 0 Å². The highest BCUT2D eigenvalue weighted by Crippen LogP contribution is 2.51. The number of hydrogen-bond acceptors (Lipinski definition) is 5. The van der Waals surface area contributed by atoms with Crippen LogP contribution in [0.1, 0.15) is 37.8 Å². The molecule has 6 nitrogen and oxygen atoms in total. The van der Waals surface area contributed by atoms with Crippen LogP contribution in [-0.2, 0) is 14.8 Å². The number of ether oxygens (including phenoxy) is 1. The Kier molecular flexibility index (Phi) is 4.16. The molecule has 2 atom stereocenters. The summed E-state index contributed by atoms with van der Waals surface area (Å²) < 4.78 is 35.1. The van der Waals surface area contributed by atoms with Gasteiger partial charge in [-0.1, -0.05) is 60.2 Å². The summed E-state index contributed by atoms with van der Waals surface area (Å²) in [5.74, 6) is -1.20. The quantitative estimate of drug-likeness (QED) is 0.581. The smallest absolute Gasteiger partial charge is 0.264 e. The minimum Gasteiger partial charge on any atom is -0.488 e. The number of para-hydroxylation sites is 1. The average molecular weight is 458 g/mol. The summed E-state index contributed by atoms with van der Waals surface area (Å²) in [4.78, 5) is 27.0. The molecule has 1 aliphatic carbocycles. The topological polar surface area (TPSA) is 80.8 Å². The molecule has 164 valence electrons. The number of nitrogens with zero attached hydrogens (tertiary/aromatic N) is 1. The van der Waals surface area contributed by atoms with Crippen LogP contribution in [0.4, 0.5) is 5.69 Å². The van der Waals surface area contributed by atoms with E-state index < -0.39 is 22.0 Å². The first-order valence-corrected chi connectivity index (χ1v) is 12.1. The summed E-state index contributed by atoms with van der Waals surface area (Å²) in [6.07, 6.45) is 0. The van der Waals surface area contributed by atoms with Crippen molar-refractivity contribution in [2.45, 2.75) is 23.8 Å². The monoisotopic (exact) mass is 457 g/mol. The molecule has 2 heterocycles. The van der Waals surface area contributed by atoms with Gasteiger partial charge in [0.1, 0.15) is 0 Å². The van der Waals surface area contributed by atoms with Crippen LogP contribution in [0.5, 0.6) is 0 Å². The number of anilines is 1. The minimum atomic E-state index is -4.03. The Labute approximate surface area is 191 Å². The lowest BCUT2D eigenvalue weighted by Gasteiger charge is -2.37. The SMILES string of the molecule is Cc1ccc(S(=O)(=O)N2c3ccccc3[C@H]3COC4=C(C(=O)c5ccccc5C4=O)[C@H]32)cc1. The second-order valence-electron chi connectivity index (χ2n) is 8.48. The zero-order chi connectivity index (χ0) is 22.9. The number of fused-ring (bicyclic) bond motifs is 5. The van der Waals surface area contributed by atoms with Gasteiger partial charge >= 0.3 is 0 Å². The van der Waals surface area contributed by atoms with E-state index in [-0.39, 0.29) is 45.5 Å². The van der Waals surface area contributed by atoms with E-state index in [0.29, 0.717) is 5.69 Å². The normalized spacial score (nSPS) is 21.2. The lowest BCUT2D eigenvalue weighted by molar-refractivity contribution is 0.0808. The maximum Gasteiger partial charge on any atom is 0.264 e. The third-order valence-electron chi connectivity index (χ3n) is 6.60. The highest BCUT2D eigenvalue weighted by Gasteiger charge is 2.53. The third-order valence-corrected chi connectivity index (χ3v) is 8.41. The first kappa shape index (κ1) is 19.9. The van der Waals surface area contributed by atoms with Gasteiger partial charge in [0.15, 0.2) is 11.5 Å². The molecule has 0 saturated heterocycles. The predicted octanol–water partition coefficient (Wildman–Crippen LogP) is 4.02. The molecule has 0 radical (unpaired) electrons. The number of sulfonamides is 1. The van der Waals surface area contributed by atoms with E-state index in [1.54, 1.807) is 60.7 Å². The van der Waals surface area contributed by atoms with Crippen molar-refractivity contribution in [1.82, 2.24) is 0 Å². The first-order chi connectivity index (χ1) is 15.9. The molecule has 0 spiro atoms. The van der Waals surface area contributed by atoms with E-state index in [9.17, 15) is 18.0 Å². The van der Waals surface area contributed by atoms with E-state index in [4.69, 9.17) is 4.74 Å². The lowest BCUT2D eigenvalue weighted by Crippen LogP contribution is -2.47. The number of allylic oxidation sites excluding steroid dienone is 1. The molecular weight excluding hydrogens is 438 g/mol. The van der Waals surface area contributed by atoms with Gasteiger partial charge < -0.3 is 4.74 Å². The van der Waals surface area contributed by atoms with Gasteiger partial charge in [0, 0.05) is 17.0 Å². The summed E-state index contributed by atoms with van der Waals surface area (Å²) >= 11 is 0. The van der Waals surface area contributed by atoms with Crippen LogP contribution in [0.3, 0.4) is 0 Å². The molecule has 0 N–H and O–H groups in total. The Bertz CT molecular complexity index is 1490. The number of hydrogen-bond donors (Lipinski definition) is 0. The van der Waals surface area contributed by atoms with Crippen molar-refractivity contribution in [1.29, 1.82) is 0 Å². The molecule has 0 fully saturated rings. The third kappa shape index (κ3) is 2.69. The molecule has 0 bridgehead atoms. The first-order valence-electron chi connectivity index (χ1n) is 10.6. The van der Waals surface area contributed by atoms with Crippen molar-refractivity contribution in [3.63, 3.8) is 0 Å². The van der Waals surface area contributed by atoms with E-state index in [0.717, 1.165) is 11.1 Å². The molecule has 0 amide bonds. The van der Waals surface area contributed by atoms with E-state index in [2.05, 4.69) is 0 Å². The standard InChI is InChI=1S/C26H19NO5S/c1-15-10-12-16(13-11-15)33(30,31)27-21-9-5-4-6-17(21)20-14-32-26-22(23(20)27)24(28)18-7-2-3-8-19(18)25(26)29/h2-13,20,23H,14H2,1H3/t20-,23+/m1/s1. The fraction of sp³-hybridized carbons (Fsp3) is 0.154. The summed E-state index contributed by atoms with van der Waals surface area (Å²) in [6, 6.07) is 19.6. The van der Waals surface area contributed by atoms with Crippen LogP contribution >= 0.6 is 0 Å². The zero-order valence-corrected chi connectivity index (χ0v) is 18.5. The largest absolute Gasteiger partial charge is 0.488 e. The number of Topliss-reactive ketones (excluding diaryl/α,β-unsaturated/α-hetero) is 2. The number of aryl methyl sites for hydroxylation is 1. The number of ketones is 2. The molecule has 3 aliphatic rings. The molecular formula is C26H19NO5S. The van der Waals surface area contributed by atoms with Crippen molar-refractivity contribution >= 4 is 27.3 Å². The number of carbonyl (C=O) groups is 2. The molecule has 0 unspecified atom stereocenters. The van der Waals surface area contributed by atoms with Crippen molar-refractivity contribution in [2.75, 3.05) is 10.9 Å². The fourth-order valence-corrected chi connectivity index (χ4v) is 6.73. The molecule has 7 heteroatoms. The summed E-state index contributed by atoms with van der Waals surface area (Å²) in [6.45, 7) is 2.00. The van der Waals surface area contributed by atoms with Gasteiger partial charge in [0.05, 0.1) is 28.8 Å². The average Bonchev–Trinajstić information content (AvgIpc) is 3.18. The second-order valence-corrected chi connectivity index (χ2v) is 10.3. The van der Waals surface area contributed by atoms with Crippen LogP contribution in [-0.4, -0.2) is 32.6 Å². The van der Waals surface area contributed by atoms with E-state index >= 15 is 0 Å². The molecule has 33 heavy (non-hydrogen) atoms. The van der Waals surface area contributed by atoms with Crippen LogP contribution in [0.2, 0.25) is 0 Å². The Morgan fingerprint density at radius 1 is 0.848 bits per heavy atom. The molecule has 0 aromatic heterocycles. The summed E-state index contributed by atoms with van der Waals surface area (Å²) in [7, 11) is -4.03. The maximum absolute atomic E-state index is 13.9. The Hall–Kier alpha value is -3.71. The summed E-state index contributed by atoms with van der Waals surface area (Å²) in [5, 5.41) is 0.